The predicted octanol–water partition coefficient (Wildman–Crippen LogP) is 3.90. The van der Waals surface area contributed by atoms with Crippen molar-refractivity contribution in [2.75, 3.05) is 44.3 Å². The summed E-state index contributed by atoms with van der Waals surface area (Å²) >= 11 is 3.28. The van der Waals surface area contributed by atoms with Crippen LogP contribution in [0, 0.1) is 0 Å². The number of nitrogens with zero attached hydrogens (tertiary/aromatic N) is 1. The van der Waals surface area contributed by atoms with Crippen molar-refractivity contribution >= 4 is 33.6 Å². The van der Waals surface area contributed by atoms with E-state index in [0.29, 0.717) is 24.3 Å². The maximum Gasteiger partial charge on any atom is 0.338 e. The van der Waals surface area contributed by atoms with Crippen LogP contribution in [0.15, 0.2) is 53.0 Å². The molecule has 156 valence electrons. The summed E-state index contributed by atoms with van der Waals surface area (Å²) in [5.41, 5.74) is 2.37. The Labute approximate surface area is 180 Å². The average Bonchev–Trinajstić information content (AvgIpc) is 2.76. The summed E-state index contributed by atoms with van der Waals surface area (Å²) in [6, 6.07) is 14.7. The van der Waals surface area contributed by atoms with Crippen LogP contribution in [-0.4, -0.2) is 51.3 Å². The number of nitrogens with one attached hydrogen (secondary N) is 1. The summed E-state index contributed by atoms with van der Waals surface area (Å²) in [4.78, 5) is 24.9. The molecule has 0 aromatic heterocycles. The van der Waals surface area contributed by atoms with E-state index in [9.17, 15) is 9.59 Å². The smallest absolute Gasteiger partial charge is 0.338 e. The van der Waals surface area contributed by atoms with E-state index in [1.807, 2.05) is 43.3 Å². The van der Waals surface area contributed by atoms with Crippen LogP contribution < -0.4 is 10.2 Å². The SMILES string of the molecule is CCOC(=O)c1ccc(Br)cc1.CCOC(=O)c1ccc(N2CCNCC2)cc1. The lowest BCUT2D eigenvalue weighted by molar-refractivity contribution is 0.0516. The second-order valence-corrected chi connectivity index (χ2v) is 7.15. The standard InChI is InChI=1S/C13H18N2O2.C9H9BrO2/c1-2-17-13(16)11-3-5-12(6-4-11)15-9-7-14-8-10-15;1-2-12-9(11)7-3-5-8(10)6-4-7/h3-6,14H,2,7-10H2,1H3;3-6H,2H2,1H3. The van der Waals surface area contributed by atoms with Crippen LogP contribution in [0.25, 0.3) is 0 Å². The number of hydrogen-bond acceptors (Lipinski definition) is 6. The minimum Gasteiger partial charge on any atom is -0.462 e. The zero-order valence-electron chi connectivity index (χ0n) is 16.8. The third kappa shape index (κ3) is 7.51. The number of esters is 2. The van der Waals surface area contributed by atoms with Crippen LogP contribution in [0.4, 0.5) is 5.69 Å². The van der Waals surface area contributed by atoms with Crippen molar-refractivity contribution in [3.05, 3.63) is 64.1 Å². The minimum absolute atomic E-state index is 0.251. The molecule has 0 unspecified atom stereocenters. The summed E-state index contributed by atoms with van der Waals surface area (Å²) in [6.07, 6.45) is 0. The highest BCUT2D eigenvalue weighted by Crippen LogP contribution is 2.16. The number of piperazine rings is 1. The Kier molecular flexibility index (Phi) is 9.67. The molecule has 1 fully saturated rings. The molecule has 0 atom stereocenters. The van der Waals surface area contributed by atoms with E-state index in [-0.39, 0.29) is 11.9 Å². The van der Waals surface area contributed by atoms with E-state index in [4.69, 9.17) is 9.47 Å². The van der Waals surface area contributed by atoms with E-state index < -0.39 is 0 Å². The van der Waals surface area contributed by atoms with Crippen LogP contribution in [0.5, 0.6) is 0 Å². The molecule has 0 bridgehead atoms. The molecular weight excluding hydrogens is 436 g/mol. The first-order valence-corrected chi connectivity index (χ1v) is 10.5. The number of hydrogen-bond donors (Lipinski definition) is 1. The Balaban J connectivity index is 0.000000221. The second kappa shape index (κ2) is 12.2. The summed E-state index contributed by atoms with van der Waals surface area (Å²) in [5.74, 6) is -0.524. The van der Waals surface area contributed by atoms with E-state index in [1.165, 1.54) is 5.69 Å². The predicted molar refractivity (Wildman–Crippen MR) is 118 cm³/mol. The number of halogens is 1. The number of benzene rings is 2. The topological polar surface area (TPSA) is 67.9 Å². The van der Waals surface area contributed by atoms with Crippen molar-refractivity contribution in [1.29, 1.82) is 0 Å². The van der Waals surface area contributed by atoms with Gasteiger partial charge in [0.25, 0.3) is 0 Å². The normalized spacial score (nSPS) is 13.1. The zero-order chi connectivity index (χ0) is 21.1. The van der Waals surface area contributed by atoms with Gasteiger partial charge in [0.15, 0.2) is 0 Å². The van der Waals surface area contributed by atoms with Crippen molar-refractivity contribution in [2.24, 2.45) is 0 Å². The highest BCUT2D eigenvalue weighted by atomic mass is 79.9. The quantitative estimate of drug-likeness (QED) is 0.679. The molecule has 29 heavy (non-hydrogen) atoms. The third-order valence-corrected chi connectivity index (χ3v) is 4.74. The van der Waals surface area contributed by atoms with Gasteiger partial charge in [0, 0.05) is 36.3 Å². The second-order valence-electron chi connectivity index (χ2n) is 6.23. The molecule has 1 aliphatic heterocycles. The van der Waals surface area contributed by atoms with Gasteiger partial charge in [0.1, 0.15) is 0 Å². The lowest BCUT2D eigenvalue weighted by Crippen LogP contribution is -2.43. The highest BCUT2D eigenvalue weighted by molar-refractivity contribution is 9.10. The van der Waals surface area contributed by atoms with E-state index in [2.05, 4.69) is 26.1 Å². The Morgan fingerprint density at radius 2 is 1.31 bits per heavy atom. The van der Waals surface area contributed by atoms with Crippen molar-refractivity contribution < 1.29 is 19.1 Å². The lowest BCUT2D eigenvalue weighted by Gasteiger charge is -2.29. The van der Waals surface area contributed by atoms with Gasteiger partial charge in [-0.15, -0.1) is 0 Å². The highest BCUT2D eigenvalue weighted by Gasteiger charge is 2.11. The Bertz CT molecular complexity index is 772. The Hall–Kier alpha value is -2.38. The van der Waals surface area contributed by atoms with Crippen molar-refractivity contribution in [1.82, 2.24) is 5.32 Å². The fraction of sp³-hybridized carbons (Fsp3) is 0.364. The molecule has 0 amide bonds. The first-order chi connectivity index (χ1) is 14.0. The Morgan fingerprint density at radius 3 is 1.76 bits per heavy atom. The molecule has 1 aliphatic rings. The number of ether oxygens (including phenoxy) is 2. The zero-order valence-corrected chi connectivity index (χ0v) is 18.4. The Morgan fingerprint density at radius 1 is 0.862 bits per heavy atom. The van der Waals surface area contributed by atoms with Gasteiger partial charge in [-0.1, -0.05) is 15.9 Å². The molecule has 0 aliphatic carbocycles. The molecule has 0 spiro atoms. The molecule has 1 saturated heterocycles. The van der Waals surface area contributed by atoms with Gasteiger partial charge < -0.3 is 19.7 Å². The van der Waals surface area contributed by atoms with E-state index in [1.54, 1.807) is 19.1 Å². The van der Waals surface area contributed by atoms with Gasteiger partial charge in [0.05, 0.1) is 24.3 Å². The van der Waals surface area contributed by atoms with Gasteiger partial charge in [0.2, 0.25) is 0 Å². The van der Waals surface area contributed by atoms with Gasteiger partial charge in [-0.2, -0.15) is 0 Å². The molecular formula is C22H27BrN2O4. The van der Waals surface area contributed by atoms with Crippen LogP contribution in [0.1, 0.15) is 34.6 Å². The van der Waals surface area contributed by atoms with Crippen molar-refractivity contribution in [3.63, 3.8) is 0 Å². The van der Waals surface area contributed by atoms with Crippen LogP contribution in [0.3, 0.4) is 0 Å². The molecule has 0 saturated carbocycles. The van der Waals surface area contributed by atoms with E-state index in [0.717, 1.165) is 30.7 Å². The molecule has 2 aromatic carbocycles. The van der Waals surface area contributed by atoms with Gasteiger partial charge in [-0.3, -0.25) is 0 Å². The number of rotatable bonds is 5. The van der Waals surface area contributed by atoms with Gasteiger partial charge in [-0.05, 0) is 62.4 Å². The third-order valence-electron chi connectivity index (χ3n) is 4.22. The molecule has 6 nitrogen and oxygen atoms in total. The summed E-state index contributed by atoms with van der Waals surface area (Å²) in [7, 11) is 0. The van der Waals surface area contributed by atoms with Crippen molar-refractivity contribution in [2.45, 2.75) is 13.8 Å². The number of carbonyl (C=O) groups excluding carboxylic acids is 2. The molecule has 1 heterocycles. The summed E-state index contributed by atoms with van der Waals surface area (Å²) < 4.78 is 10.7. The van der Waals surface area contributed by atoms with E-state index >= 15 is 0 Å². The molecule has 7 heteroatoms. The number of carbonyl (C=O) groups is 2. The largest absolute Gasteiger partial charge is 0.462 e. The lowest BCUT2D eigenvalue weighted by atomic mass is 10.2. The van der Waals surface area contributed by atoms with Crippen LogP contribution in [0.2, 0.25) is 0 Å². The molecule has 0 radical (unpaired) electrons. The van der Waals surface area contributed by atoms with Crippen LogP contribution >= 0.6 is 15.9 Å². The van der Waals surface area contributed by atoms with Gasteiger partial charge >= 0.3 is 11.9 Å². The van der Waals surface area contributed by atoms with Gasteiger partial charge in [-0.25, -0.2) is 9.59 Å². The molecule has 3 rings (SSSR count). The summed E-state index contributed by atoms with van der Waals surface area (Å²) in [6.45, 7) is 8.48. The van der Waals surface area contributed by atoms with Crippen LogP contribution in [-0.2, 0) is 9.47 Å². The first kappa shape index (κ1) is 22.9. The maximum atomic E-state index is 11.5. The fourth-order valence-corrected chi connectivity index (χ4v) is 3.01. The maximum absolute atomic E-state index is 11.5. The van der Waals surface area contributed by atoms with Crippen molar-refractivity contribution in [3.8, 4) is 0 Å². The minimum atomic E-state index is -0.273. The monoisotopic (exact) mass is 462 g/mol. The fourth-order valence-electron chi connectivity index (χ4n) is 2.75. The average molecular weight is 463 g/mol. The summed E-state index contributed by atoms with van der Waals surface area (Å²) in [5, 5.41) is 3.32. The number of anilines is 1. The first-order valence-electron chi connectivity index (χ1n) is 9.70. The molecule has 2 aromatic rings. The molecule has 1 N–H and O–H groups in total.